The molecule has 1 atom stereocenters. The molecule has 56 valence electrons. The van der Waals surface area contributed by atoms with Crippen LogP contribution in [0.5, 0.6) is 0 Å². The van der Waals surface area contributed by atoms with Crippen molar-refractivity contribution in [2.45, 2.75) is 10.0 Å². The number of aliphatic hydroxyl groups is 1. The van der Waals surface area contributed by atoms with Crippen LogP contribution in [0.15, 0.2) is 11.8 Å². The highest BCUT2D eigenvalue weighted by molar-refractivity contribution is 14.1. The van der Waals surface area contributed by atoms with E-state index in [-0.39, 0.29) is 6.61 Å². The lowest BCUT2D eigenvalue weighted by Crippen LogP contribution is -2.21. The summed E-state index contributed by atoms with van der Waals surface area (Å²) in [6.45, 7) is -0.126. The van der Waals surface area contributed by atoms with Gasteiger partial charge in [0.05, 0.1) is 0 Å². The molecule has 0 aromatic rings. The van der Waals surface area contributed by atoms with Gasteiger partial charge in [-0.2, -0.15) is 0 Å². The summed E-state index contributed by atoms with van der Waals surface area (Å²) in [7, 11) is 0. The molecule has 1 heterocycles. The minimum atomic E-state index is -0.754. The first-order valence-corrected chi connectivity index (χ1v) is 3.92. The average Bonchev–Trinajstić information content (AvgIpc) is 2.33. The Morgan fingerprint density at radius 2 is 2.70 bits per heavy atom. The standard InChI is InChI=1S/C6H7IO3/c7-6(4-9)2-1-5(3-8)10-6/h1,4,8H,2-3H2. The second-order valence-electron chi connectivity index (χ2n) is 2.04. The van der Waals surface area contributed by atoms with Gasteiger partial charge >= 0.3 is 0 Å². The molecule has 0 radical (unpaired) electrons. The minimum absolute atomic E-state index is 0.126. The number of aliphatic hydroxyl groups excluding tert-OH is 1. The van der Waals surface area contributed by atoms with Crippen molar-refractivity contribution < 1.29 is 14.6 Å². The van der Waals surface area contributed by atoms with Crippen LogP contribution in [0.25, 0.3) is 0 Å². The molecule has 0 spiro atoms. The van der Waals surface area contributed by atoms with Gasteiger partial charge in [-0.25, -0.2) is 0 Å². The number of halogens is 1. The molecule has 1 rings (SSSR count). The first kappa shape index (κ1) is 8.00. The zero-order valence-corrected chi connectivity index (χ0v) is 7.37. The van der Waals surface area contributed by atoms with Gasteiger partial charge in [0.1, 0.15) is 12.4 Å². The quantitative estimate of drug-likeness (QED) is 0.446. The lowest BCUT2D eigenvalue weighted by atomic mass is 10.3. The fourth-order valence-corrected chi connectivity index (χ4v) is 1.23. The molecule has 0 aromatic carbocycles. The molecule has 1 unspecified atom stereocenters. The van der Waals surface area contributed by atoms with Crippen LogP contribution in [0.1, 0.15) is 6.42 Å². The van der Waals surface area contributed by atoms with Crippen LogP contribution in [0.3, 0.4) is 0 Å². The molecule has 0 saturated carbocycles. The van der Waals surface area contributed by atoms with E-state index in [0.29, 0.717) is 12.2 Å². The van der Waals surface area contributed by atoms with E-state index in [0.717, 1.165) is 6.29 Å². The smallest absolute Gasteiger partial charge is 0.216 e. The summed E-state index contributed by atoms with van der Waals surface area (Å²) in [5, 5.41) is 8.58. The van der Waals surface area contributed by atoms with Gasteiger partial charge in [0.15, 0.2) is 6.29 Å². The number of hydrogen-bond donors (Lipinski definition) is 1. The fraction of sp³-hybridized carbons (Fsp3) is 0.500. The van der Waals surface area contributed by atoms with Crippen LogP contribution in [-0.4, -0.2) is 21.6 Å². The predicted molar refractivity (Wildman–Crippen MR) is 43.7 cm³/mol. The van der Waals surface area contributed by atoms with Gasteiger partial charge in [0.25, 0.3) is 0 Å². The molecule has 0 amide bonds. The predicted octanol–water partition coefficient (Wildman–Crippen LogP) is 0.613. The maximum Gasteiger partial charge on any atom is 0.216 e. The molecule has 1 aliphatic rings. The van der Waals surface area contributed by atoms with E-state index in [1.807, 2.05) is 22.6 Å². The monoisotopic (exact) mass is 254 g/mol. The largest absolute Gasteiger partial charge is 0.471 e. The summed E-state index contributed by atoms with van der Waals surface area (Å²) in [6, 6.07) is 0. The van der Waals surface area contributed by atoms with Crippen molar-refractivity contribution in [3.63, 3.8) is 0 Å². The SMILES string of the molecule is O=CC1(I)CC=C(CO)O1. The highest BCUT2D eigenvalue weighted by atomic mass is 127. The Morgan fingerprint density at radius 3 is 3.00 bits per heavy atom. The maximum absolute atomic E-state index is 10.3. The van der Waals surface area contributed by atoms with E-state index in [1.54, 1.807) is 6.08 Å². The molecule has 1 aliphatic heterocycles. The Morgan fingerprint density at radius 1 is 2.00 bits per heavy atom. The molecule has 3 nitrogen and oxygen atoms in total. The van der Waals surface area contributed by atoms with Crippen molar-refractivity contribution in [2.75, 3.05) is 6.61 Å². The first-order valence-electron chi connectivity index (χ1n) is 2.84. The summed E-state index contributed by atoms with van der Waals surface area (Å²) in [5.74, 6) is 0.488. The van der Waals surface area contributed by atoms with E-state index in [1.165, 1.54) is 0 Å². The molecule has 4 heteroatoms. The Hall–Kier alpha value is -0.100. The third-order valence-corrected chi connectivity index (χ3v) is 2.16. The lowest BCUT2D eigenvalue weighted by molar-refractivity contribution is -0.116. The third-order valence-electron chi connectivity index (χ3n) is 1.24. The topological polar surface area (TPSA) is 46.5 Å². The number of carbonyl (C=O) groups excluding carboxylic acids is 1. The molecule has 0 saturated heterocycles. The van der Waals surface area contributed by atoms with Gasteiger partial charge in [-0.15, -0.1) is 0 Å². The van der Waals surface area contributed by atoms with Crippen LogP contribution >= 0.6 is 22.6 Å². The zero-order valence-electron chi connectivity index (χ0n) is 5.21. The Bertz CT molecular complexity index is 178. The lowest BCUT2D eigenvalue weighted by Gasteiger charge is -2.14. The second kappa shape index (κ2) is 2.87. The number of carbonyl (C=O) groups is 1. The van der Waals surface area contributed by atoms with Crippen molar-refractivity contribution in [3.05, 3.63) is 11.8 Å². The van der Waals surface area contributed by atoms with E-state index in [9.17, 15) is 4.79 Å². The van der Waals surface area contributed by atoms with Gasteiger partial charge in [-0.05, 0) is 28.7 Å². The molecule has 0 bridgehead atoms. The van der Waals surface area contributed by atoms with Crippen LogP contribution < -0.4 is 0 Å². The summed E-state index contributed by atoms with van der Waals surface area (Å²) in [6.07, 6.45) is 3.01. The van der Waals surface area contributed by atoms with Crippen molar-refractivity contribution in [3.8, 4) is 0 Å². The summed E-state index contributed by atoms with van der Waals surface area (Å²) < 4.78 is 4.32. The van der Waals surface area contributed by atoms with Crippen LogP contribution in [0.4, 0.5) is 0 Å². The Kier molecular flexibility index (Phi) is 2.30. The molecular weight excluding hydrogens is 247 g/mol. The first-order chi connectivity index (χ1) is 4.70. The number of ether oxygens (including phenoxy) is 1. The maximum atomic E-state index is 10.3. The normalized spacial score (nSPS) is 31.2. The van der Waals surface area contributed by atoms with Crippen LogP contribution in [0, 0.1) is 0 Å². The van der Waals surface area contributed by atoms with Crippen molar-refractivity contribution in [2.24, 2.45) is 0 Å². The van der Waals surface area contributed by atoms with E-state index in [2.05, 4.69) is 0 Å². The van der Waals surface area contributed by atoms with E-state index < -0.39 is 3.61 Å². The van der Waals surface area contributed by atoms with Crippen LogP contribution in [0.2, 0.25) is 0 Å². The number of alkyl halides is 1. The van der Waals surface area contributed by atoms with Crippen molar-refractivity contribution in [1.29, 1.82) is 0 Å². The molecule has 10 heavy (non-hydrogen) atoms. The van der Waals surface area contributed by atoms with Gasteiger partial charge in [-0.1, -0.05) is 0 Å². The molecule has 0 aliphatic carbocycles. The number of rotatable bonds is 2. The van der Waals surface area contributed by atoms with Crippen molar-refractivity contribution in [1.82, 2.24) is 0 Å². The fourth-order valence-electron chi connectivity index (χ4n) is 0.723. The summed E-state index contributed by atoms with van der Waals surface area (Å²) in [5.41, 5.74) is 0. The van der Waals surface area contributed by atoms with Gasteiger partial charge < -0.3 is 9.84 Å². The highest BCUT2D eigenvalue weighted by Gasteiger charge is 2.32. The van der Waals surface area contributed by atoms with E-state index in [4.69, 9.17) is 9.84 Å². The van der Waals surface area contributed by atoms with Gasteiger partial charge in [-0.3, -0.25) is 4.79 Å². The molecule has 0 fully saturated rings. The average molecular weight is 254 g/mol. The zero-order chi connectivity index (χ0) is 7.61. The highest BCUT2D eigenvalue weighted by Crippen LogP contribution is 2.32. The van der Waals surface area contributed by atoms with E-state index >= 15 is 0 Å². The Balaban J connectivity index is 2.57. The molecule has 0 aromatic heterocycles. The second-order valence-corrected chi connectivity index (χ2v) is 3.86. The summed E-state index contributed by atoms with van der Waals surface area (Å²) >= 11 is 1.91. The third kappa shape index (κ3) is 1.49. The molecular formula is C6H7IO3. The number of aldehydes is 1. The molecule has 1 N–H and O–H groups in total. The van der Waals surface area contributed by atoms with Crippen LogP contribution in [-0.2, 0) is 9.53 Å². The van der Waals surface area contributed by atoms with Gasteiger partial charge in [0, 0.05) is 6.42 Å². The number of hydrogen-bond acceptors (Lipinski definition) is 3. The van der Waals surface area contributed by atoms with Crippen molar-refractivity contribution >= 4 is 28.9 Å². The Labute approximate surface area is 72.2 Å². The minimum Gasteiger partial charge on any atom is -0.471 e. The van der Waals surface area contributed by atoms with Gasteiger partial charge in [0.2, 0.25) is 3.61 Å². The summed E-state index contributed by atoms with van der Waals surface area (Å²) in [4.78, 5) is 10.3.